The van der Waals surface area contributed by atoms with Crippen LogP contribution in [0.2, 0.25) is 0 Å². The number of aromatic nitrogens is 2. The molecule has 1 aliphatic heterocycles. The molecule has 188 valence electrons. The Bertz CT molecular complexity index is 1030. The second kappa shape index (κ2) is 12.2. The highest BCUT2D eigenvalue weighted by molar-refractivity contribution is 5.94. The minimum atomic E-state index is 0.0974. The van der Waals surface area contributed by atoms with Gasteiger partial charge in [-0.1, -0.05) is 69.9 Å². The Morgan fingerprint density at radius 2 is 1.77 bits per heavy atom. The molecular formula is C29H41N5O. The number of nitrogens with zero attached hydrogens (tertiary/aromatic N) is 4. The van der Waals surface area contributed by atoms with E-state index >= 15 is 0 Å². The summed E-state index contributed by atoms with van der Waals surface area (Å²) in [6, 6.07) is 17.9. The Hall–Kier alpha value is -2.86. The van der Waals surface area contributed by atoms with Crippen molar-refractivity contribution < 1.29 is 4.79 Å². The van der Waals surface area contributed by atoms with Crippen molar-refractivity contribution >= 4 is 22.9 Å². The molecule has 6 heteroatoms. The Kier molecular flexibility index (Phi) is 8.80. The summed E-state index contributed by atoms with van der Waals surface area (Å²) in [5, 5.41) is 0. The van der Waals surface area contributed by atoms with Crippen LogP contribution in [0.5, 0.6) is 0 Å². The third-order valence-electron chi connectivity index (χ3n) is 7.44. The van der Waals surface area contributed by atoms with Crippen LogP contribution in [0.1, 0.15) is 62.7 Å². The van der Waals surface area contributed by atoms with Gasteiger partial charge in [-0.3, -0.25) is 9.69 Å². The van der Waals surface area contributed by atoms with Crippen molar-refractivity contribution in [3.63, 3.8) is 0 Å². The van der Waals surface area contributed by atoms with Gasteiger partial charge in [0, 0.05) is 38.8 Å². The highest BCUT2D eigenvalue weighted by atomic mass is 16.2. The number of carbonyl (C=O) groups is 1. The number of H-pyrrole nitrogens is 1. The van der Waals surface area contributed by atoms with E-state index in [9.17, 15) is 4.79 Å². The molecule has 1 aliphatic rings. The van der Waals surface area contributed by atoms with Gasteiger partial charge in [-0.05, 0) is 43.0 Å². The number of para-hydroxylation sites is 2. The van der Waals surface area contributed by atoms with Crippen LogP contribution in [-0.2, 0) is 0 Å². The second-order valence-corrected chi connectivity index (χ2v) is 9.81. The van der Waals surface area contributed by atoms with E-state index in [-0.39, 0.29) is 12.1 Å². The largest absolute Gasteiger partial charge is 0.341 e. The van der Waals surface area contributed by atoms with E-state index in [1.165, 1.54) is 19.3 Å². The van der Waals surface area contributed by atoms with Crippen molar-refractivity contribution in [3.8, 4) is 0 Å². The summed E-state index contributed by atoms with van der Waals surface area (Å²) in [6.45, 7) is 8.30. The normalized spacial score (nSPS) is 16.7. The summed E-state index contributed by atoms with van der Waals surface area (Å²) in [7, 11) is 2.00. The number of amides is 1. The number of imidazole rings is 1. The van der Waals surface area contributed by atoms with Crippen LogP contribution in [0.3, 0.4) is 0 Å². The van der Waals surface area contributed by atoms with Gasteiger partial charge in [-0.15, -0.1) is 0 Å². The highest BCUT2D eigenvalue weighted by Gasteiger charge is 2.34. The van der Waals surface area contributed by atoms with Crippen molar-refractivity contribution in [2.24, 2.45) is 5.92 Å². The van der Waals surface area contributed by atoms with Crippen LogP contribution in [0.4, 0.5) is 5.95 Å². The smallest absolute Gasteiger partial charge is 0.254 e. The van der Waals surface area contributed by atoms with Crippen molar-refractivity contribution in [1.29, 1.82) is 0 Å². The summed E-state index contributed by atoms with van der Waals surface area (Å²) in [6.07, 6.45) is 7.07. The fourth-order valence-electron chi connectivity index (χ4n) is 5.49. The van der Waals surface area contributed by atoms with Gasteiger partial charge < -0.3 is 14.8 Å². The van der Waals surface area contributed by atoms with Crippen molar-refractivity contribution in [2.45, 2.75) is 58.5 Å². The maximum absolute atomic E-state index is 13.5. The molecule has 2 atom stereocenters. The van der Waals surface area contributed by atoms with Crippen molar-refractivity contribution in [2.75, 3.05) is 38.1 Å². The molecule has 0 radical (unpaired) electrons. The maximum Gasteiger partial charge on any atom is 0.254 e. The predicted octanol–water partition coefficient (Wildman–Crippen LogP) is 5.78. The fourth-order valence-corrected chi connectivity index (χ4v) is 5.49. The lowest BCUT2D eigenvalue weighted by Crippen LogP contribution is -2.54. The zero-order valence-corrected chi connectivity index (χ0v) is 21.6. The monoisotopic (exact) mass is 475 g/mol. The van der Waals surface area contributed by atoms with E-state index in [0.717, 1.165) is 68.0 Å². The lowest BCUT2D eigenvalue weighted by molar-refractivity contribution is 0.0143. The molecule has 2 unspecified atom stereocenters. The quantitative estimate of drug-likeness (QED) is 0.378. The van der Waals surface area contributed by atoms with Gasteiger partial charge in [0.1, 0.15) is 0 Å². The molecule has 0 aliphatic carbocycles. The molecule has 0 bridgehead atoms. The van der Waals surface area contributed by atoms with Gasteiger partial charge in [0.25, 0.3) is 5.91 Å². The van der Waals surface area contributed by atoms with E-state index < -0.39 is 0 Å². The van der Waals surface area contributed by atoms with E-state index in [1.807, 2.05) is 54.4 Å². The number of benzene rings is 2. The zero-order valence-electron chi connectivity index (χ0n) is 21.6. The first-order valence-corrected chi connectivity index (χ1v) is 13.4. The van der Waals surface area contributed by atoms with Crippen LogP contribution >= 0.6 is 0 Å². The Labute approximate surface area is 210 Å². The third-order valence-corrected chi connectivity index (χ3v) is 7.44. The number of carbonyl (C=O) groups excluding carboxylic acids is 1. The summed E-state index contributed by atoms with van der Waals surface area (Å²) >= 11 is 0. The number of nitrogens with one attached hydrogen (secondary N) is 1. The molecule has 2 heterocycles. The van der Waals surface area contributed by atoms with Gasteiger partial charge in [0.05, 0.1) is 17.2 Å². The van der Waals surface area contributed by atoms with Gasteiger partial charge in [-0.2, -0.15) is 0 Å². The Morgan fingerprint density at radius 1 is 1.00 bits per heavy atom. The minimum Gasteiger partial charge on any atom is -0.341 e. The number of hydrogen-bond acceptors (Lipinski definition) is 4. The molecule has 3 aromatic rings. The number of hydrogen-bond donors (Lipinski definition) is 1. The molecule has 0 spiro atoms. The third kappa shape index (κ3) is 6.04. The molecule has 35 heavy (non-hydrogen) atoms. The van der Waals surface area contributed by atoms with E-state index in [1.54, 1.807) is 0 Å². The van der Waals surface area contributed by atoms with E-state index in [2.05, 4.69) is 40.8 Å². The molecule has 6 nitrogen and oxygen atoms in total. The summed E-state index contributed by atoms with van der Waals surface area (Å²) in [5.41, 5.74) is 2.86. The van der Waals surface area contributed by atoms with Gasteiger partial charge in [-0.25, -0.2) is 4.98 Å². The number of rotatable bonds is 10. The Balaban J connectivity index is 1.54. The molecule has 4 rings (SSSR count). The number of aromatic amines is 1. The number of unbranched alkanes of at least 4 members (excludes halogenated alkanes) is 2. The first-order chi connectivity index (χ1) is 17.1. The number of fused-ring (bicyclic) bond motifs is 1. The van der Waals surface area contributed by atoms with Crippen LogP contribution in [-0.4, -0.2) is 65.1 Å². The van der Waals surface area contributed by atoms with E-state index in [0.29, 0.717) is 5.92 Å². The average Bonchev–Trinajstić information content (AvgIpc) is 3.19. The lowest BCUT2D eigenvalue weighted by atomic mass is 9.93. The molecule has 2 aromatic carbocycles. The van der Waals surface area contributed by atoms with Crippen molar-refractivity contribution in [1.82, 2.24) is 19.8 Å². The standard InChI is InChI=1S/C29H41N5O/c1-4-6-8-14-23(5-2)27(32(3)28(35)24-15-9-7-10-16-24)33-19-13-20-34(22-21-33)29-30-25-17-11-12-18-26(25)31-29/h7,9-12,15-18,23,27H,4-6,8,13-14,19-22H2,1-3H3,(H,30,31). The first kappa shape index (κ1) is 25.2. The van der Waals surface area contributed by atoms with Crippen LogP contribution in [0.15, 0.2) is 54.6 Å². The van der Waals surface area contributed by atoms with Crippen LogP contribution < -0.4 is 4.90 Å². The highest BCUT2D eigenvalue weighted by Crippen LogP contribution is 2.27. The predicted molar refractivity (Wildman–Crippen MR) is 145 cm³/mol. The van der Waals surface area contributed by atoms with E-state index in [4.69, 9.17) is 4.98 Å². The lowest BCUT2D eigenvalue weighted by Gasteiger charge is -2.42. The minimum absolute atomic E-state index is 0.0974. The van der Waals surface area contributed by atoms with Gasteiger partial charge >= 0.3 is 0 Å². The molecule has 1 saturated heterocycles. The fraction of sp³-hybridized carbons (Fsp3) is 0.517. The van der Waals surface area contributed by atoms with Gasteiger partial charge in [0.2, 0.25) is 5.95 Å². The molecule has 1 amide bonds. The molecular weight excluding hydrogens is 434 g/mol. The second-order valence-electron chi connectivity index (χ2n) is 9.81. The first-order valence-electron chi connectivity index (χ1n) is 13.4. The van der Waals surface area contributed by atoms with Gasteiger partial charge in [0.15, 0.2) is 0 Å². The molecule has 1 fully saturated rings. The van der Waals surface area contributed by atoms with Crippen LogP contribution in [0.25, 0.3) is 11.0 Å². The molecule has 1 N–H and O–H groups in total. The summed E-state index contributed by atoms with van der Waals surface area (Å²) < 4.78 is 0. The maximum atomic E-state index is 13.5. The zero-order chi connectivity index (χ0) is 24.6. The topological polar surface area (TPSA) is 55.5 Å². The number of anilines is 1. The average molecular weight is 476 g/mol. The summed E-state index contributed by atoms with van der Waals surface area (Å²) in [4.78, 5) is 28.8. The Morgan fingerprint density at radius 3 is 2.51 bits per heavy atom. The molecule has 0 saturated carbocycles. The molecule has 1 aromatic heterocycles. The summed E-state index contributed by atoms with van der Waals surface area (Å²) in [5.74, 6) is 1.52. The SMILES string of the molecule is CCCCCC(CC)C(N1CCCN(c2nc3ccccc3[nH]2)CC1)N(C)C(=O)c1ccccc1. The van der Waals surface area contributed by atoms with Crippen molar-refractivity contribution in [3.05, 3.63) is 60.2 Å². The van der Waals surface area contributed by atoms with Crippen LogP contribution in [0, 0.1) is 5.92 Å².